The fourth-order valence-corrected chi connectivity index (χ4v) is 2.66. The molecule has 1 aliphatic heterocycles. The highest BCUT2D eigenvalue weighted by atomic mass is 19.2. The summed E-state index contributed by atoms with van der Waals surface area (Å²) in [6, 6.07) is -0.452. The molecule has 0 aliphatic carbocycles. The largest absolute Gasteiger partial charge is 0.314 e. The third-order valence-corrected chi connectivity index (χ3v) is 3.72. The number of nitrogens with one attached hydrogen (secondary N) is 1. The molecule has 1 aromatic carbocycles. The van der Waals surface area contributed by atoms with Gasteiger partial charge in [0.2, 0.25) is 0 Å². The van der Waals surface area contributed by atoms with Crippen LogP contribution in [0.25, 0.3) is 0 Å². The summed E-state index contributed by atoms with van der Waals surface area (Å²) < 4.78 is 54.9. The first kappa shape index (κ1) is 16.0. The van der Waals surface area contributed by atoms with Crippen LogP contribution in [0.5, 0.6) is 0 Å². The fraction of sp³-hybridized carbons (Fsp3) is 0.467. The molecular formula is C15H18F4N2. The van der Waals surface area contributed by atoms with E-state index in [0.717, 1.165) is 0 Å². The van der Waals surface area contributed by atoms with E-state index in [4.69, 9.17) is 0 Å². The van der Waals surface area contributed by atoms with Gasteiger partial charge in [0.25, 0.3) is 0 Å². The van der Waals surface area contributed by atoms with Crippen LogP contribution in [0.4, 0.5) is 17.6 Å². The Balaban J connectivity index is 2.42. The predicted molar refractivity (Wildman–Crippen MR) is 72.9 cm³/mol. The average Bonchev–Trinajstić information content (AvgIpc) is 2.49. The van der Waals surface area contributed by atoms with Gasteiger partial charge in [-0.2, -0.15) is 0 Å². The minimum atomic E-state index is -1.36. The van der Waals surface area contributed by atoms with Gasteiger partial charge in [0.15, 0.2) is 23.3 Å². The molecule has 1 N–H and O–H groups in total. The molecule has 0 aromatic heterocycles. The Bertz CT molecular complexity index is 487. The van der Waals surface area contributed by atoms with Crippen LogP contribution in [0.2, 0.25) is 0 Å². The standard InChI is InChI=1S/C15H18F4N2/c1-2-3-4-12(21-7-5-20-6-8-21)13-14(18)10(16)9-11(17)15(13)19/h2,9,12,20H,1,3-8H2/t12-/m0/s1. The Morgan fingerprint density at radius 3 is 2.24 bits per heavy atom. The topological polar surface area (TPSA) is 15.3 Å². The number of allylic oxidation sites excluding steroid dienone is 1. The Labute approximate surface area is 121 Å². The minimum Gasteiger partial charge on any atom is -0.314 e. The Kier molecular flexibility index (Phi) is 5.36. The monoisotopic (exact) mass is 302 g/mol. The van der Waals surface area contributed by atoms with Crippen LogP contribution in [0.1, 0.15) is 24.4 Å². The van der Waals surface area contributed by atoms with Crippen LogP contribution in [0, 0.1) is 23.3 Å². The van der Waals surface area contributed by atoms with E-state index in [1.807, 2.05) is 4.90 Å². The molecule has 1 heterocycles. The first-order valence-corrected chi connectivity index (χ1v) is 6.94. The summed E-state index contributed by atoms with van der Waals surface area (Å²) in [6.45, 7) is 6.07. The van der Waals surface area contributed by atoms with Gasteiger partial charge in [-0.15, -0.1) is 6.58 Å². The lowest BCUT2D eigenvalue weighted by Gasteiger charge is -2.35. The van der Waals surface area contributed by atoms with Crippen molar-refractivity contribution in [1.29, 1.82) is 0 Å². The van der Waals surface area contributed by atoms with Gasteiger partial charge in [-0.1, -0.05) is 6.08 Å². The second-order valence-electron chi connectivity index (χ2n) is 5.05. The van der Waals surface area contributed by atoms with E-state index in [9.17, 15) is 17.6 Å². The van der Waals surface area contributed by atoms with Crippen LogP contribution in [-0.4, -0.2) is 31.1 Å². The second kappa shape index (κ2) is 7.04. The van der Waals surface area contributed by atoms with E-state index < -0.39 is 34.9 Å². The van der Waals surface area contributed by atoms with Crippen molar-refractivity contribution < 1.29 is 17.6 Å². The van der Waals surface area contributed by atoms with Gasteiger partial charge < -0.3 is 5.32 Å². The van der Waals surface area contributed by atoms with E-state index in [2.05, 4.69) is 11.9 Å². The van der Waals surface area contributed by atoms with Crippen molar-refractivity contribution in [3.63, 3.8) is 0 Å². The molecule has 1 fully saturated rings. The summed E-state index contributed by atoms with van der Waals surface area (Å²) in [7, 11) is 0. The predicted octanol–water partition coefficient (Wildman–Crippen LogP) is 3.16. The highest BCUT2D eigenvalue weighted by Gasteiger charge is 2.30. The van der Waals surface area contributed by atoms with Crippen LogP contribution < -0.4 is 5.32 Å². The maximum Gasteiger partial charge on any atom is 0.166 e. The molecule has 0 unspecified atom stereocenters. The quantitative estimate of drug-likeness (QED) is 0.511. The summed E-state index contributed by atoms with van der Waals surface area (Å²) >= 11 is 0. The normalized spacial score (nSPS) is 17.7. The maximum atomic E-state index is 14.0. The van der Waals surface area contributed by atoms with Crippen LogP contribution >= 0.6 is 0 Å². The van der Waals surface area contributed by atoms with Crippen molar-refractivity contribution in [1.82, 2.24) is 10.2 Å². The number of rotatable bonds is 5. The summed E-state index contributed by atoms with van der Waals surface area (Å²) in [6.07, 6.45) is 2.49. The number of halogens is 4. The van der Waals surface area contributed by atoms with Crippen molar-refractivity contribution in [3.8, 4) is 0 Å². The molecule has 116 valence electrons. The van der Waals surface area contributed by atoms with Crippen molar-refractivity contribution in [2.24, 2.45) is 0 Å². The van der Waals surface area contributed by atoms with Crippen molar-refractivity contribution >= 4 is 0 Å². The van der Waals surface area contributed by atoms with E-state index in [0.29, 0.717) is 39.0 Å². The molecule has 0 spiro atoms. The van der Waals surface area contributed by atoms with Gasteiger partial charge in [-0.3, -0.25) is 4.90 Å². The van der Waals surface area contributed by atoms with Crippen molar-refractivity contribution in [2.45, 2.75) is 18.9 Å². The maximum absolute atomic E-state index is 14.0. The fourth-order valence-electron chi connectivity index (χ4n) is 2.66. The number of benzene rings is 1. The molecule has 21 heavy (non-hydrogen) atoms. The van der Waals surface area contributed by atoms with E-state index in [1.54, 1.807) is 6.08 Å². The van der Waals surface area contributed by atoms with E-state index >= 15 is 0 Å². The first-order chi connectivity index (χ1) is 10.1. The summed E-state index contributed by atoms with van der Waals surface area (Å²) in [5.74, 6) is -5.33. The van der Waals surface area contributed by atoms with E-state index in [-0.39, 0.29) is 6.07 Å². The highest BCUT2D eigenvalue weighted by Crippen LogP contribution is 2.32. The van der Waals surface area contributed by atoms with Gasteiger partial charge in [0, 0.05) is 43.9 Å². The number of hydrogen-bond acceptors (Lipinski definition) is 2. The zero-order valence-electron chi connectivity index (χ0n) is 11.6. The van der Waals surface area contributed by atoms with Gasteiger partial charge >= 0.3 is 0 Å². The van der Waals surface area contributed by atoms with Gasteiger partial charge in [0.05, 0.1) is 0 Å². The molecule has 1 aliphatic rings. The molecular weight excluding hydrogens is 284 g/mol. The molecule has 1 saturated heterocycles. The second-order valence-corrected chi connectivity index (χ2v) is 5.05. The number of hydrogen-bond donors (Lipinski definition) is 1. The first-order valence-electron chi connectivity index (χ1n) is 6.94. The average molecular weight is 302 g/mol. The Morgan fingerprint density at radius 1 is 1.14 bits per heavy atom. The lowest BCUT2D eigenvalue weighted by Crippen LogP contribution is -2.45. The SMILES string of the molecule is C=CCC[C@@H](c1c(F)c(F)cc(F)c1F)N1CCNCC1. The van der Waals surface area contributed by atoms with Gasteiger partial charge in [0.1, 0.15) is 0 Å². The van der Waals surface area contributed by atoms with Crippen LogP contribution in [0.3, 0.4) is 0 Å². The molecule has 1 atom stereocenters. The lowest BCUT2D eigenvalue weighted by atomic mass is 9.97. The summed E-state index contributed by atoms with van der Waals surface area (Å²) in [5, 5.41) is 3.13. The molecule has 1 aromatic rings. The molecule has 0 saturated carbocycles. The molecule has 0 bridgehead atoms. The highest BCUT2D eigenvalue weighted by molar-refractivity contribution is 5.26. The minimum absolute atomic E-state index is 0.247. The van der Waals surface area contributed by atoms with Gasteiger partial charge in [-0.05, 0) is 12.8 Å². The molecule has 0 radical (unpaired) electrons. The van der Waals surface area contributed by atoms with Crippen molar-refractivity contribution in [3.05, 3.63) is 47.6 Å². The van der Waals surface area contributed by atoms with E-state index in [1.165, 1.54) is 0 Å². The van der Waals surface area contributed by atoms with Crippen molar-refractivity contribution in [2.75, 3.05) is 26.2 Å². The lowest BCUT2D eigenvalue weighted by molar-refractivity contribution is 0.157. The molecule has 0 amide bonds. The Hall–Kier alpha value is -1.40. The number of nitrogens with zero attached hydrogens (tertiary/aromatic N) is 1. The zero-order valence-corrected chi connectivity index (χ0v) is 11.6. The third kappa shape index (κ3) is 3.44. The third-order valence-electron chi connectivity index (χ3n) is 3.72. The van der Waals surface area contributed by atoms with Crippen LogP contribution in [-0.2, 0) is 0 Å². The van der Waals surface area contributed by atoms with Gasteiger partial charge in [-0.25, -0.2) is 17.6 Å². The molecule has 2 nitrogen and oxygen atoms in total. The number of piperazine rings is 1. The summed E-state index contributed by atoms with van der Waals surface area (Å²) in [5.41, 5.74) is -0.517. The van der Waals surface area contributed by atoms with Crippen LogP contribution in [0.15, 0.2) is 18.7 Å². The molecule has 6 heteroatoms. The summed E-state index contributed by atoms with van der Waals surface area (Å²) in [4.78, 5) is 1.85. The zero-order chi connectivity index (χ0) is 15.4. The molecule has 2 rings (SSSR count). The Morgan fingerprint density at radius 2 is 1.71 bits per heavy atom. The smallest absolute Gasteiger partial charge is 0.166 e.